The Morgan fingerprint density at radius 2 is 2.04 bits per heavy atom. The van der Waals surface area contributed by atoms with E-state index in [-0.39, 0.29) is 23.5 Å². The van der Waals surface area contributed by atoms with E-state index in [4.69, 9.17) is 9.84 Å². The molecule has 0 heterocycles. The molecule has 7 nitrogen and oxygen atoms in total. The van der Waals surface area contributed by atoms with Crippen molar-refractivity contribution < 1.29 is 27.9 Å². The van der Waals surface area contributed by atoms with Gasteiger partial charge in [0.05, 0.1) is 5.75 Å². The third kappa shape index (κ3) is 5.23. The highest BCUT2D eigenvalue weighted by Gasteiger charge is 2.37. The lowest BCUT2D eigenvalue weighted by atomic mass is 10.1. The number of nitrogens with zero attached hydrogens (tertiary/aromatic N) is 1. The summed E-state index contributed by atoms with van der Waals surface area (Å²) in [7, 11) is -3.20. The van der Waals surface area contributed by atoms with Crippen LogP contribution in [0.4, 0.5) is 0 Å². The van der Waals surface area contributed by atoms with E-state index in [9.17, 15) is 18.0 Å². The van der Waals surface area contributed by atoms with Crippen molar-refractivity contribution in [3.05, 3.63) is 29.8 Å². The second kappa shape index (κ2) is 7.21. The number of aliphatic carboxylic acids is 1. The molecule has 132 valence electrons. The summed E-state index contributed by atoms with van der Waals surface area (Å²) in [6.07, 6.45) is 2.86. The van der Waals surface area contributed by atoms with E-state index in [1.165, 1.54) is 6.07 Å². The van der Waals surface area contributed by atoms with Crippen LogP contribution in [0.3, 0.4) is 0 Å². The fraction of sp³-hybridized carbons (Fsp3) is 0.500. The molecular formula is C16H21NO6S. The number of benzene rings is 1. The number of ether oxygens (including phenoxy) is 1. The number of carboxylic acids is 1. The molecule has 8 heteroatoms. The molecule has 0 radical (unpaired) electrons. The van der Waals surface area contributed by atoms with Crippen molar-refractivity contribution in [3.8, 4) is 5.75 Å². The van der Waals surface area contributed by atoms with Gasteiger partial charge in [-0.1, -0.05) is 6.07 Å². The summed E-state index contributed by atoms with van der Waals surface area (Å²) in [5.41, 5.74) is 0.352. The molecule has 1 saturated carbocycles. The Balaban J connectivity index is 2.18. The molecule has 0 spiro atoms. The molecule has 2 rings (SSSR count). The minimum Gasteiger partial charge on any atom is -0.482 e. The first-order valence-corrected chi connectivity index (χ1v) is 9.68. The van der Waals surface area contributed by atoms with Gasteiger partial charge >= 0.3 is 5.97 Å². The van der Waals surface area contributed by atoms with Crippen LogP contribution in [0.15, 0.2) is 24.3 Å². The summed E-state index contributed by atoms with van der Waals surface area (Å²) in [6, 6.07) is 5.89. The zero-order valence-corrected chi connectivity index (χ0v) is 14.5. The van der Waals surface area contributed by atoms with Crippen LogP contribution in [0.1, 0.15) is 30.1 Å². The lowest BCUT2D eigenvalue weighted by Gasteiger charge is -2.29. The van der Waals surface area contributed by atoms with Crippen molar-refractivity contribution in [2.45, 2.75) is 31.8 Å². The van der Waals surface area contributed by atoms with Crippen LogP contribution < -0.4 is 4.74 Å². The number of rotatable bonds is 8. The smallest absolute Gasteiger partial charge is 0.341 e. The van der Waals surface area contributed by atoms with Crippen molar-refractivity contribution in [3.63, 3.8) is 0 Å². The third-order valence-corrected chi connectivity index (χ3v) is 4.72. The lowest BCUT2D eigenvalue weighted by molar-refractivity contribution is -0.139. The van der Waals surface area contributed by atoms with Gasteiger partial charge in [0.25, 0.3) is 5.91 Å². The molecule has 1 N–H and O–H groups in total. The van der Waals surface area contributed by atoms with Crippen LogP contribution in [-0.2, 0) is 14.6 Å². The van der Waals surface area contributed by atoms with Gasteiger partial charge in [0, 0.05) is 23.9 Å². The summed E-state index contributed by atoms with van der Waals surface area (Å²) in [5.74, 6) is -1.18. The molecule has 1 aromatic carbocycles. The quantitative estimate of drug-likeness (QED) is 0.752. The zero-order valence-electron chi connectivity index (χ0n) is 13.6. The van der Waals surface area contributed by atoms with Gasteiger partial charge in [-0.25, -0.2) is 13.2 Å². The number of sulfone groups is 1. The van der Waals surface area contributed by atoms with Gasteiger partial charge in [0.2, 0.25) is 0 Å². The van der Waals surface area contributed by atoms with Crippen molar-refractivity contribution in [2.24, 2.45) is 0 Å². The maximum Gasteiger partial charge on any atom is 0.341 e. The Hall–Kier alpha value is -2.09. The van der Waals surface area contributed by atoms with Gasteiger partial charge in [0.15, 0.2) is 6.61 Å². The van der Waals surface area contributed by atoms with Gasteiger partial charge in [-0.2, -0.15) is 0 Å². The Morgan fingerprint density at radius 1 is 1.38 bits per heavy atom. The number of amides is 1. The van der Waals surface area contributed by atoms with Gasteiger partial charge in [-0.05, 0) is 38.0 Å². The first kappa shape index (κ1) is 18.3. The number of hydrogen-bond donors (Lipinski definition) is 1. The fourth-order valence-electron chi connectivity index (χ4n) is 2.61. The maximum absolute atomic E-state index is 12.8. The topological polar surface area (TPSA) is 101 Å². The third-order valence-electron chi connectivity index (χ3n) is 3.64. The van der Waals surface area contributed by atoms with Crippen LogP contribution >= 0.6 is 0 Å². The maximum atomic E-state index is 12.8. The number of carboxylic acid groups (broad SMARTS) is 1. The average Bonchev–Trinajstić information content (AvgIpc) is 3.28. The summed E-state index contributed by atoms with van der Waals surface area (Å²) >= 11 is 0. The predicted octanol–water partition coefficient (Wildman–Crippen LogP) is 1.19. The van der Waals surface area contributed by atoms with E-state index in [0.29, 0.717) is 5.56 Å². The fourth-order valence-corrected chi connectivity index (χ4v) is 3.65. The van der Waals surface area contributed by atoms with E-state index >= 15 is 0 Å². The van der Waals surface area contributed by atoms with E-state index in [0.717, 1.165) is 19.1 Å². The van der Waals surface area contributed by atoms with Crippen LogP contribution in [0.5, 0.6) is 5.75 Å². The Morgan fingerprint density at radius 3 is 2.58 bits per heavy atom. The van der Waals surface area contributed by atoms with Crippen LogP contribution in [0.2, 0.25) is 0 Å². The molecule has 0 saturated heterocycles. The van der Waals surface area contributed by atoms with Gasteiger partial charge in [-0.3, -0.25) is 4.79 Å². The predicted molar refractivity (Wildman–Crippen MR) is 87.9 cm³/mol. The summed E-state index contributed by atoms with van der Waals surface area (Å²) in [4.78, 5) is 25.0. The molecule has 0 aromatic heterocycles. The number of hydrogen-bond acceptors (Lipinski definition) is 5. The van der Waals surface area contributed by atoms with Gasteiger partial charge in [-0.15, -0.1) is 0 Å². The van der Waals surface area contributed by atoms with Crippen LogP contribution in [0, 0.1) is 0 Å². The molecule has 1 atom stereocenters. The molecule has 24 heavy (non-hydrogen) atoms. The molecule has 1 aliphatic rings. The van der Waals surface area contributed by atoms with Crippen molar-refractivity contribution in [2.75, 3.05) is 18.6 Å². The molecule has 0 bridgehead atoms. The van der Waals surface area contributed by atoms with E-state index < -0.39 is 28.5 Å². The molecule has 1 aliphatic carbocycles. The first-order chi connectivity index (χ1) is 11.2. The Kier molecular flexibility index (Phi) is 5.48. The number of carbonyl (C=O) groups is 2. The molecule has 1 fully saturated rings. The van der Waals surface area contributed by atoms with Crippen molar-refractivity contribution in [1.82, 2.24) is 4.90 Å². The Bertz CT molecular complexity index is 726. The van der Waals surface area contributed by atoms with Gasteiger partial charge < -0.3 is 14.7 Å². The first-order valence-electron chi connectivity index (χ1n) is 7.62. The lowest BCUT2D eigenvalue weighted by Crippen LogP contribution is -2.43. The van der Waals surface area contributed by atoms with E-state index in [1.807, 2.05) is 0 Å². The normalized spacial score (nSPS) is 15.6. The minimum atomic E-state index is -3.20. The monoisotopic (exact) mass is 355 g/mol. The van der Waals surface area contributed by atoms with Crippen LogP contribution in [-0.4, -0.2) is 61.0 Å². The van der Waals surface area contributed by atoms with Crippen LogP contribution in [0.25, 0.3) is 0 Å². The van der Waals surface area contributed by atoms with Crippen molar-refractivity contribution in [1.29, 1.82) is 0 Å². The minimum absolute atomic E-state index is 0.0536. The summed E-state index contributed by atoms with van der Waals surface area (Å²) in [5, 5.41) is 8.65. The summed E-state index contributed by atoms with van der Waals surface area (Å²) in [6.45, 7) is 1.23. The largest absolute Gasteiger partial charge is 0.482 e. The van der Waals surface area contributed by atoms with Crippen molar-refractivity contribution >= 4 is 21.7 Å². The molecule has 1 aromatic rings. The molecular weight excluding hydrogens is 334 g/mol. The average molecular weight is 355 g/mol. The highest BCUT2D eigenvalue weighted by molar-refractivity contribution is 7.90. The van der Waals surface area contributed by atoms with Gasteiger partial charge in [0.1, 0.15) is 15.6 Å². The SMILES string of the molecule is CC(CS(C)(=O)=O)N(C(=O)c1cccc(OCC(=O)O)c1)C1CC1. The second-order valence-corrected chi connectivity index (χ2v) is 8.28. The highest BCUT2D eigenvalue weighted by atomic mass is 32.2. The standard InChI is InChI=1S/C16H21NO6S/c1-11(10-24(2,21)22)17(13-6-7-13)16(20)12-4-3-5-14(8-12)23-9-15(18)19/h3-5,8,11,13H,6-7,9-10H2,1-2H3,(H,18,19). The van der Waals surface area contributed by atoms with E-state index in [1.54, 1.807) is 30.0 Å². The summed E-state index contributed by atoms with van der Waals surface area (Å²) < 4.78 is 28.2. The van der Waals surface area contributed by atoms with E-state index in [2.05, 4.69) is 0 Å². The Labute approximate surface area is 141 Å². The number of carbonyl (C=O) groups excluding carboxylic acids is 1. The second-order valence-electron chi connectivity index (χ2n) is 6.10. The molecule has 1 unspecified atom stereocenters. The molecule has 1 amide bonds. The zero-order chi connectivity index (χ0) is 17.9. The highest BCUT2D eigenvalue weighted by Crippen LogP contribution is 2.31. The molecule has 0 aliphatic heterocycles.